The Morgan fingerprint density at radius 1 is 1.08 bits per heavy atom. The summed E-state index contributed by atoms with van der Waals surface area (Å²) in [6, 6.07) is 14.4. The second-order valence-electron chi connectivity index (χ2n) is 5.00. The third-order valence-corrected chi connectivity index (χ3v) is 4.73. The normalized spacial score (nSPS) is 11.0. The van der Waals surface area contributed by atoms with Crippen LogP contribution in [0.1, 0.15) is 5.56 Å². The number of hydrogen-bond donors (Lipinski definition) is 3. The van der Waals surface area contributed by atoms with E-state index >= 15 is 0 Å². The number of nitriles is 1. The number of aromatic nitrogens is 2. The maximum atomic E-state index is 12.3. The Labute approximate surface area is 138 Å². The molecule has 0 aliphatic carbocycles. The Bertz CT molecular complexity index is 1000. The van der Waals surface area contributed by atoms with Crippen molar-refractivity contribution >= 4 is 21.7 Å². The van der Waals surface area contributed by atoms with Gasteiger partial charge in [-0.25, -0.2) is 13.4 Å². The summed E-state index contributed by atoms with van der Waals surface area (Å²) >= 11 is 0. The largest absolute Gasteiger partial charge is 0.369 e. The van der Waals surface area contributed by atoms with E-state index in [1.807, 2.05) is 6.07 Å². The fraction of sp³-hybridized carbons (Fsp3) is 0. The molecular formula is C16H13N5O2S. The summed E-state index contributed by atoms with van der Waals surface area (Å²) in [7, 11) is -3.71. The van der Waals surface area contributed by atoms with Crippen LogP contribution in [0.5, 0.6) is 0 Å². The number of nitrogens with two attached hydrogens (primary N) is 1. The van der Waals surface area contributed by atoms with Crippen LogP contribution in [0.15, 0.2) is 59.6 Å². The molecule has 4 N–H and O–H groups in total. The first kappa shape index (κ1) is 15.6. The monoisotopic (exact) mass is 339 g/mol. The summed E-state index contributed by atoms with van der Waals surface area (Å²) in [5, 5.41) is 8.76. The van der Waals surface area contributed by atoms with Gasteiger partial charge in [0.15, 0.2) is 5.95 Å². The first-order valence-corrected chi connectivity index (χ1v) is 8.40. The van der Waals surface area contributed by atoms with E-state index in [1.54, 1.807) is 30.5 Å². The van der Waals surface area contributed by atoms with Crippen molar-refractivity contribution in [2.75, 3.05) is 10.5 Å². The standard InChI is InChI=1S/C16H13N5O2S/c17-9-11-1-7-14(8-2-11)24(22,23)21-13-5-3-12(4-6-13)15-10-19-16(18)20-15/h1-8,10,21H,(H3,18,19,20). The first-order chi connectivity index (χ1) is 11.5. The molecule has 3 aromatic rings. The van der Waals surface area contributed by atoms with Gasteiger partial charge in [0.25, 0.3) is 10.0 Å². The number of nitrogens with zero attached hydrogens (tertiary/aromatic N) is 2. The van der Waals surface area contributed by atoms with E-state index in [-0.39, 0.29) is 4.90 Å². The van der Waals surface area contributed by atoms with Crippen molar-refractivity contribution in [2.24, 2.45) is 0 Å². The van der Waals surface area contributed by atoms with E-state index in [0.717, 1.165) is 11.3 Å². The van der Waals surface area contributed by atoms with Crippen LogP contribution in [0, 0.1) is 11.3 Å². The lowest BCUT2D eigenvalue weighted by Gasteiger charge is -2.08. The molecule has 0 aliphatic heterocycles. The predicted molar refractivity (Wildman–Crippen MR) is 90.4 cm³/mol. The number of nitrogens with one attached hydrogen (secondary N) is 2. The molecule has 0 saturated carbocycles. The summed E-state index contributed by atoms with van der Waals surface area (Å²) in [4.78, 5) is 6.90. The molecule has 2 aromatic carbocycles. The minimum atomic E-state index is -3.71. The molecule has 0 spiro atoms. The molecular weight excluding hydrogens is 326 g/mol. The Kier molecular flexibility index (Phi) is 3.93. The van der Waals surface area contributed by atoms with Crippen LogP contribution in [0.25, 0.3) is 11.3 Å². The van der Waals surface area contributed by atoms with Crippen molar-refractivity contribution in [3.63, 3.8) is 0 Å². The second kappa shape index (κ2) is 6.06. The van der Waals surface area contributed by atoms with E-state index in [2.05, 4.69) is 14.7 Å². The number of nitrogen functional groups attached to an aromatic ring is 1. The van der Waals surface area contributed by atoms with Gasteiger partial charge in [-0.15, -0.1) is 0 Å². The van der Waals surface area contributed by atoms with Gasteiger partial charge >= 0.3 is 0 Å². The van der Waals surface area contributed by atoms with E-state index in [0.29, 0.717) is 17.2 Å². The fourth-order valence-corrected chi connectivity index (χ4v) is 3.18. The summed E-state index contributed by atoms with van der Waals surface area (Å²) < 4.78 is 27.2. The van der Waals surface area contributed by atoms with Gasteiger partial charge in [-0.3, -0.25) is 4.72 Å². The highest BCUT2D eigenvalue weighted by Crippen LogP contribution is 2.22. The molecule has 1 heterocycles. The van der Waals surface area contributed by atoms with Gasteiger partial charge in [-0.2, -0.15) is 5.26 Å². The number of anilines is 2. The van der Waals surface area contributed by atoms with Crippen LogP contribution in [-0.4, -0.2) is 18.4 Å². The van der Waals surface area contributed by atoms with Crippen molar-refractivity contribution in [1.82, 2.24) is 9.97 Å². The molecule has 0 amide bonds. The average molecular weight is 339 g/mol. The average Bonchev–Trinajstić information content (AvgIpc) is 3.02. The molecule has 0 fully saturated rings. The predicted octanol–water partition coefficient (Wildman–Crippen LogP) is 2.33. The summed E-state index contributed by atoms with van der Waals surface area (Å²) in [6.07, 6.45) is 1.60. The first-order valence-electron chi connectivity index (χ1n) is 6.92. The molecule has 0 saturated heterocycles. The van der Waals surface area contributed by atoms with Gasteiger partial charge in [0.2, 0.25) is 0 Å². The summed E-state index contributed by atoms with van der Waals surface area (Å²) in [5.41, 5.74) is 7.94. The van der Waals surface area contributed by atoms with Gasteiger partial charge in [0, 0.05) is 5.69 Å². The molecule has 24 heavy (non-hydrogen) atoms. The molecule has 0 atom stereocenters. The molecule has 7 nitrogen and oxygen atoms in total. The van der Waals surface area contributed by atoms with Crippen LogP contribution in [-0.2, 0) is 10.0 Å². The Morgan fingerprint density at radius 3 is 2.29 bits per heavy atom. The van der Waals surface area contributed by atoms with Crippen LogP contribution >= 0.6 is 0 Å². The molecule has 8 heteroatoms. The Balaban J connectivity index is 1.81. The van der Waals surface area contributed by atoms with Crippen molar-refractivity contribution in [2.45, 2.75) is 4.90 Å². The van der Waals surface area contributed by atoms with E-state index < -0.39 is 10.0 Å². The number of aromatic amines is 1. The Morgan fingerprint density at radius 2 is 1.75 bits per heavy atom. The number of sulfonamides is 1. The SMILES string of the molecule is N#Cc1ccc(S(=O)(=O)Nc2ccc(-c3cnc(N)[nH]3)cc2)cc1. The number of benzene rings is 2. The highest BCUT2D eigenvalue weighted by molar-refractivity contribution is 7.92. The molecule has 3 rings (SSSR count). The minimum absolute atomic E-state index is 0.0897. The minimum Gasteiger partial charge on any atom is -0.369 e. The lowest BCUT2D eigenvalue weighted by atomic mass is 10.1. The highest BCUT2D eigenvalue weighted by Gasteiger charge is 2.14. The lowest BCUT2D eigenvalue weighted by molar-refractivity contribution is 0.601. The quantitative estimate of drug-likeness (QED) is 0.673. The zero-order chi connectivity index (χ0) is 17.2. The van der Waals surface area contributed by atoms with Crippen LogP contribution in [0.3, 0.4) is 0 Å². The third-order valence-electron chi connectivity index (χ3n) is 3.34. The van der Waals surface area contributed by atoms with Gasteiger partial charge < -0.3 is 10.7 Å². The molecule has 1 aromatic heterocycles. The smallest absolute Gasteiger partial charge is 0.261 e. The van der Waals surface area contributed by atoms with E-state index in [9.17, 15) is 8.42 Å². The van der Waals surface area contributed by atoms with E-state index in [1.165, 1.54) is 24.3 Å². The number of H-pyrrole nitrogens is 1. The molecule has 120 valence electrons. The lowest BCUT2D eigenvalue weighted by Crippen LogP contribution is -2.12. The maximum Gasteiger partial charge on any atom is 0.261 e. The van der Waals surface area contributed by atoms with Crippen LogP contribution < -0.4 is 10.5 Å². The van der Waals surface area contributed by atoms with Crippen molar-refractivity contribution in [1.29, 1.82) is 5.26 Å². The number of rotatable bonds is 4. The van der Waals surface area contributed by atoms with Gasteiger partial charge in [-0.05, 0) is 42.0 Å². The van der Waals surface area contributed by atoms with Crippen molar-refractivity contribution < 1.29 is 8.42 Å². The summed E-state index contributed by atoms with van der Waals surface area (Å²) in [5.74, 6) is 0.315. The van der Waals surface area contributed by atoms with Crippen molar-refractivity contribution in [3.05, 3.63) is 60.3 Å². The maximum absolute atomic E-state index is 12.3. The molecule has 0 radical (unpaired) electrons. The molecule has 0 unspecified atom stereocenters. The molecule has 0 bridgehead atoms. The van der Waals surface area contributed by atoms with Gasteiger partial charge in [0.1, 0.15) is 0 Å². The third kappa shape index (κ3) is 3.21. The zero-order valence-corrected chi connectivity index (χ0v) is 13.2. The fourth-order valence-electron chi connectivity index (χ4n) is 2.12. The molecule has 0 aliphatic rings. The topological polar surface area (TPSA) is 125 Å². The Hall–Kier alpha value is -3.31. The van der Waals surface area contributed by atoms with Crippen molar-refractivity contribution in [3.8, 4) is 17.3 Å². The summed E-state index contributed by atoms with van der Waals surface area (Å²) in [6.45, 7) is 0. The highest BCUT2D eigenvalue weighted by atomic mass is 32.2. The van der Waals surface area contributed by atoms with Crippen LogP contribution in [0.2, 0.25) is 0 Å². The van der Waals surface area contributed by atoms with E-state index in [4.69, 9.17) is 11.0 Å². The number of hydrogen-bond acceptors (Lipinski definition) is 5. The second-order valence-corrected chi connectivity index (χ2v) is 6.68. The van der Waals surface area contributed by atoms with Crippen LogP contribution in [0.4, 0.5) is 11.6 Å². The van der Waals surface area contributed by atoms with Gasteiger partial charge in [0.05, 0.1) is 28.4 Å². The zero-order valence-electron chi connectivity index (χ0n) is 12.4. The van der Waals surface area contributed by atoms with Gasteiger partial charge in [-0.1, -0.05) is 12.1 Å². The number of imidazole rings is 1.